The van der Waals surface area contributed by atoms with Crippen molar-refractivity contribution in [1.82, 2.24) is 0 Å². The molecule has 0 bridgehead atoms. The Morgan fingerprint density at radius 1 is 0.467 bits per heavy atom. The average Bonchev–Trinajstić information content (AvgIpc) is 2.81. The fourth-order valence-electron chi connectivity index (χ4n) is 4.31. The van der Waals surface area contributed by atoms with Crippen molar-refractivity contribution in [2.45, 2.75) is 12.8 Å². The lowest BCUT2D eigenvalue weighted by molar-refractivity contribution is 0.989. The summed E-state index contributed by atoms with van der Waals surface area (Å²) in [5, 5.41) is 2.60. The van der Waals surface area contributed by atoms with Gasteiger partial charge >= 0.3 is 0 Å². The van der Waals surface area contributed by atoms with Crippen molar-refractivity contribution in [3.05, 3.63) is 144 Å². The number of fused-ring (bicyclic) bond motifs is 1. The second kappa shape index (κ2) is 8.00. The molecule has 5 aromatic rings. The lowest BCUT2D eigenvalue weighted by Crippen LogP contribution is -2.04. The van der Waals surface area contributed by atoms with Crippen molar-refractivity contribution in [3.63, 3.8) is 0 Å². The molecule has 5 aromatic carbocycles. The Kier molecular flexibility index (Phi) is 4.91. The molecule has 0 aliphatic heterocycles. The Morgan fingerprint density at radius 3 is 1.77 bits per heavy atom. The van der Waals surface area contributed by atoms with Crippen LogP contribution in [0.25, 0.3) is 21.9 Å². The minimum Gasteiger partial charge on any atom is -0.0622 e. The van der Waals surface area contributed by atoms with Gasteiger partial charge in [-0.3, -0.25) is 0 Å². The summed E-state index contributed by atoms with van der Waals surface area (Å²) in [4.78, 5) is 0. The standard InChI is InChI=1S/C30H24/c1-22-14-16-23(17-15-22)24-18-20-27(21-19-24)30(26-9-3-2-4-10-26)29-13-7-11-25-8-5-6-12-28(25)29/h2-21,30H,1H3. The van der Waals surface area contributed by atoms with Gasteiger partial charge in [0.05, 0.1) is 0 Å². The molecular formula is C30H24. The topological polar surface area (TPSA) is 0 Å². The molecule has 1 atom stereocenters. The Hall–Kier alpha value is -3.64. The summed E-state index contributed by atoms with van der Waals surface area (Å²) in [7, 11) is 0. The van der Waals surface area contributed by atoms with Gasteiger partial charge < -0.3 is 0 Å². The Labute approximate surface area is 178 Å². The lowest BCUT2D eigenvalue weighted by atomic mass is 9.82. The molecule has 0 heteroatoms. The molecule has 0 saturated carbocycles. The second-order valence-corrected chi connectivity index (χ2v) is 7.90. The number of benzene rings is 5. The molecule has 0 saturated heterocycles. The molecule has 144 valence electrons. The van der Waals surface area contributed by atoms with Crippen LogP contribution < -0.4 is 0 Å². The number of hydrogen-bond donors (Lipinski definition) is 0. The maximum absolute atomic E-state index is 2.29. The highest BCUT2D eigenvalue weighted by atomic mass is 14.2. The monoisotopic (exact) mass is 384 g/mol. The minimum atomic E-state index is 0.198. The maximum atomic E-state index is 2.29. The molecule has 0 aliphatic rings. The summed E-state index contributed by atoms with van der Waals surface area (Å²) in [6, 6.07) is 44.0. The van der Waals surface area contributed by atoms with E-state index in [0.29, 0.717) is 0 Å². The largest absolute Gasteiger partial charge is 0.0622 e. The highest BCUT2D eigenvalue weighted by Gasteiger charge is 2.18. The first-order valence-electron chi connectivity index (χ1n) is 10.5. The zero-order chi connectivity index (χ0) is 20.3. The summed E-state index contributed by atoms with van der Waals surface area (Å²) >= 11 is 0. The summed E-state index contributed by atoms with van der Waals surface area (Å²) in [5.41, 5.74) is 7.78. The van der Waals surface area contributed by atoms with E-state index in [1.54, 1.807) is 0 Å². The Morgan fingerprint density at radius 2 is 1.03 bits per heavy atom. The molecule has 0 spiro atoms. The van der Waals surface area contributed by atoms with Crippen LogP contribution in [0.5, 0.6) is 0 Å². The van der Waals surface area contributed by atoms with Gasteiger partial charge in [0.15, 0.2) is 0 Å². The fraction of sp³-hybridized carbons (Fsp3) is 0.0667. The van der Waals surface area contributed by atoms with Gasteiger partial charge in [0.1, 0.15) is 0 Å². The first-order chi connectivity index (χ1) is 14.8. The van der Waals surface area contributed by atoms with E-state index in [0.717, 1.165) is 0 Å². The molecule has 5 rings (SSSR count). The molecule has 0 heterocycles. The molecule has 0 radical (unpaired) electrons. The second-order valence-electron chi connectivity index (χ2n) is 7.90. The van der Waals surface area contributed by atoms with Gasteiger partial charge in [-0.2, -0.15) is 0 Å². The van der Waals surface area contributed by atoms with Crippen LogP contribution in [0.2, 0.25) is 0 Å². The Bertz CT molecular complexity index is 1260. The van der Waals surface area contributed by atoms with Crippen LogP contribution in [0.3, 0.4) is 0 Å². The van der Waals surface area contributed by atoms with E-state index < -0.39 is 0 Å². The highest BCUT2D eigenvalue weighted by Crippen LogP contribution is 2.36. The molecule has 1 unspecified atom stereocenters. The predicted octanol–water partition coefficient (Wildman–Crippen LogP) is 8.00. The zero-order valence-electron chi connectivity index (χ0n) is 17.1. The number of hydrogen-bond acceptors (Lipinski definition) is 0. The van der Waals surface area contributed by atoms with Gasteiger partial charge in [-0.25, -0.2) is 0 Å². The first-order valence-corrected chi connectivity index (χ1v) is 10.5. The molecule has 30 heavy (non-hydrogen) atoms. The van der Waals surface area contributed by atoms with E-state index in [9.17, 15) is 0 Å². The van der Waals surface area contributed by atoms with Crippen LogP contribution in [0, 0.1) is 6.92 Å². The van der Waals surface area contributed by atoms with Gasteiger partial charge in [0.2, 0.25) is 0 Å². The van der Waals surface area contributed by atoms with Crippen molar-refractivity contribution in [2.75, 3.05) is 0 Å². The zero-order valence-corrected chi connectivity index (χ0v) is 17.1. The number of aryl methyl sites for hydroxylation is 1. The van der Waals surface area contributed by atoms with Gasteiger partial charge in [0.25, 0.3) is 0 Å². The third-order valence-corrected chi connectivity index (χ3v) is 5.90. The predicted molar refractivity (Wildman–Crippen MR) is 128 cm³/mol. The third-order valence-electron chi connectivity index (χ3n) is 5.90. The minimum absolute atomic E-state index is 0.198. The van der Waals surface area contributed by atoms with Crippen LogP contribution in [0.15, 0.2) is 121 Å². The SMILES string of the molecule is Cc1ccc(-c2ccc(C(c3ccccc3)c3cccc4ccccc34)cc2)cc1. The lowest BCUT2D eigenvalue weighted by Gasteiger charge is -2.21. The van der Waals surface area contributed by atoms with Gasteiger partial charge in [-0.1, -0.05) is 127 Å². The molecule has 0 fully saturated rings. The number of rotatable bonds is 4. The molecule has 0 aliphatic carbocycles. The summed E-state index contributed by atoms with van der Waals surface area (Å²) in [5.74, 6) is 0.198. The van der Waals surface area contributed by atoms with Crippen molar-refractivity contribution in [3.8, 4) is 11.1 Å². The van der Waals surface area contributed by atoms with Crippen LogP contribution in [0.4, 0.5) is 0 Å². The molecular weight excluding hydrogens is 360 g/mol. The van der Waals surface area contributed by atoms with E-state index in [1.807, 2.05) is 0 Å². The molecule has 0 N–H and O–H groups in total. The van der Waals surface area contributed by atoms with Crippen molar-refractivity contribution < 1.29 is 0 Å². The van der Waals surface area contributed by atoms with Crippen molar-refractivity contribution >= 4 is 10.8 Å². The van der Waals surface area contributed by atoms with Crippen molar-refractivity contribution in [1.29, 1.82) is 0 Å². The third kappa shape index (κ3) is 3.53. The van der Waals surface area contributed by atoms with E-state index in [4.69, 9.17) is 0 Å². The summed E-state index contributed by atoms with van der Waals surface area (Å²) in [6.45, 7) is 2.13. The van der Waals surface area contributed by atoms with E-state index in [1.165, 1.54) is 44.2 Å². The average molecular weight is 385 g/mol. The van der Waals surface area contributed by atoms with Crippen LogP contribution in [0.1, 0.15) is 28.2 Å². The fourth-order valence-corrected chi connectivity index (χ4v) is 4.31. The summed E-state index contributed by atoms with van der Waals surface area (Å²) < 4.78 is 0. The Balaban J connectivity index is 1.63. The quantitative estimate of drug-likeness (QED) is 0.275. The highest BCUT2D eigenvalue weighted by molar-refractivity contribution is 5.87. The normalized spacial score (nSPS) is 12.0. The van der Waals surface area contributed by atoms with Gasteiger partial charge in [-0.05, 0) is 45.5 Å². The molecule has 0 nitrogen and oxygen atoms in total. The van der Waals surface area contributed by atoms with Crippen molar-refractivity contribution in [2.24, 2.45) is 0 Å². The van der Waals surface area contributed by atoms with Crippen LogP contribution >= 0.6 is 0 Å². The van der Waals surface area contributed by atoms with Gasteiger partial charge in [-0.15, -0.1) is 0 Å². The van der Waals surface area contributed by atoms with E-state index in [-0.39, 0.29) is 5.92 Å². The first kappa shape index (κ1) is 18.4. The van der Waals surface area contributed by atoms with Gasteiger partial charge in [0, 0.05) is 5.92 Å². The van der Waals surface area contributed by atoms with Crippen LogP contribution in [-0.2, 0) is 0 Å². The molecule has 0 aromatic heterocycles. The van der Waals surface area contributed by atoms with E-state index in [2.05, 4.69) is 128 Å². The molecule has 0 amide bonds. The summed E-state index contributed by atoms with van der Waals surface area (Å²) in [6.07, 6.45) is 0. The smallest absolute Gasteiger partial charge is 0.0346 e. The van der Waals surface area contributed by atoms with E-state index >= 15 is 0 Å². The maximum Gasteiger partial charge on any atom is 0.0346 e. The van der Waals surface area contributed by atoms with Crippen LogP contribution in [-0.4, -0.2) is 0 Å².